The summed E-state index contributed by atoms with van der Waals surface area (Å²) in [6.45, 7) is 1.80. The van der Waals surface area contributed by atoms with Gasteiger partial charge in [0.25, 0.3) is 0 Å². The van der Waals surface area contributed by atoms with Crippen LogP contribution in [0.25, 0.3) is 0 Å². The van der Waals surface area contributed by atoms with Gasteiger partial charge >= 0.3 is 6.03 Å². The number of halogens is 1. The quantitative estimate of drug-likeness (QED) is 0.693. The molecule has 0 radical (unpaired) electrons. The minimum absolute atomic E-state index is 0.126. The van der Waals surface area contributed by atoms with Crippen LogP contribution in [0.1, 0.15) is 24.8 Å². The van der Waals surface area contributed by atoms with Crippen LogP contribution < -0.4 is 10.1 Å². The third kappa shape index (κ3) is 5.71. The molecule has 1 heterocycles. The van der Waals surface area contributed by atoms with Crippen LogP contribution in [0.3, 0.4) is 0 Å². The molecule has 2 aromatic rings. The Balaban J connectivity index is 1.59. The normalized spacial score (nSPS) is 16.6. The largest absolute Gasteiger partial charge is 0.489 e. The molecule has 1 aliphatic rings. The van der Waals surface area contributed by atoms with Crippen molar-refractivity contribution in [3.05, 3.63) is 58.6 Å². The third-order valence-electron chi connectivity index (χ3n) is 4.54. The molecule has 0 saturated carbocycles. The summed E-state index contributed by atoms with van der Waals surface area (Å²) in [6.07, 6.45) is 3.43. The van der Waals surface area contributed by atoms with Crippen LogP contribution in [-0.4, -0.2) is 37.3 Å². The number of carbonyl (C=O) groups excluding carboxylic acids is 1. The van der Waals surface area contributed by atoms with Crippen molar-refractivity contribution in [3.8, 4) is 5.75 Å². The van der Waals surface area contributed by atoms with E-state index in [2.05, 4.69) is 21.2 Å². The lowest BCUT2D eigenvalue weighted by molar-refractivity contribution is -0.0109. The van der Waals surface area contributed by atoms with E-state index in [1.54, 1.807) is 11.9 Å². The van der Waals surface area contributed by atoms with Crippen molar-refractivity contribution in [2.75, 3.05) is 25.6 Å². The Morgan fingerprint density at radius 2 is 2.00 bits per heavy atom. The number of carbonyl (C=O) groups is 1. The third-order valence-corrected chi connectivity index (χ3v) is 5.31. The summed E-state index contributed by atoms with van der Waals surface area (Å²) < 4.78 is 12.6. The molecular formula is C21H25BrN2O3. The summed E-state index contributed by atoms with van der Waals surface area (Å²) in [5.41, 5.74) is 1.71. The van der Waals surface area contributed by atoms with Crippen molar-refractivity contribution in [1.82, 2.24) is 4.90 Å². The SMILES string of the molecule is CN(Cc1ccccc1Br)C(=O)Nc1ccccc1OCC1CCCCO1. The molecule has 6 heteroatoms. The van der Waals surface area contributed by atoms with Gasteiger partial charge in [0.15, 0.2) is 0 Å². The Kier molecular flexibility index (Phi) is 7.12. The minimum Gasteiger partial charge on any atom is -0.489 e. The van der Waals surface area contributed by atoms with Gasteiger partial charge in [0.05, 0.1) is 11.8 Å². The van der Waals surface area contributed by atoms with E-state index in [0.29, 0.717) is 24.6 Å². The van der Waals surface area contributed by atoms with Crippen molar-refractivity contribution in [3.63, 3.8) is 0 Å². The molecular weight excluding hydrogens is 408 g/mol. The van der Waals surface area contributed by atoms with Crippen molar-refractivity contribution in [1.29, 1.82) is 0 Å². The van der Waals surface area contributed by atoms with Gasteiger partial charge in [-0.25, -0.2) is 4.79 Å². The number of hydrogen-bond acceptors (Lipinski definition) is 3. The molecule has 0 aliphatic carbocycles. The van der Waals surface area contributed by atoms with E-state index in [-0.39, 0.29) is 12.1 Å². The van der Waals surface area contributed by atoms with Gasteiger partial charge in [0.2, 0.25) is 0 Å². The van der Waals surface area contributed by atoms with Gasteiger partial charge < -0.3 is 19.7 Å². The second kappa shape index (κ2) is 9.76. The van der Waals surface area contributed by atoms with E-state index >= 15 is 0 Å². The number of hydrogen-bond donors (Lipinski definition) is 1. The summed E-state index contributed by atoms with van der Waals surface area (Å²) in [7, 11) is 1.77. The molecule has 1 fully saturated rings. The number of amides is 2. The molecule has 0 aromatic heterocycles. The predicted molar refractivity (Wildman–Crippen MR) is 110 cm³/mol. The van der Waals surface area contributed by atoms with Crippen LogP contribution in [0.15, 0.2) is 53.0 Å². The number of rotatable bonds is 6. The molecule has 144 valence electrons. The molecule has 1 saturated heterocycles. The lowest BCUT2D eigenvalue weighted by Crippen LogP contribution is -2.31. The standard InChI is InChI=1S/C21H25BrN2O3/c1-24(14-16-8-2-3-10-18(16)22)21(25)23-19-11-4-5-12-20(19)27-15-17-9-6-7-13-26-17/h2-5,8,10-12,17H,6-7,9,13-15H2,1H3,(H,23,25). The zero-order valence-corrected chi connectivity index (χ0v) is 17.1. The molecule has 27 heavy (non-hydrogen) atoms. The minimum atomic E-state index is -0.185. The molecule has 1 aliphatic heterocycles. The summed E-state index contributed by atoms with van der Waals surface area (Å²) in [5, 5.41) is 2.94. The Bertz CT molecular complexity index is 763. The number of anilines is 1. The van der Waals surface area contributed by atoms with Crippen LogP contribution >= 0.6 is 15.9 Å². The number of nitrogens with zero attached hydrogens (tertiary/aromatic N) is 1. The van der Waals surface area contributed by atoms with Crippen molar-refractivity contribution in [2.45, 2.75) is 31.9 Å². The first-order valence-electron chi connectivity index (χ1n) is 9.22. The van der Waals surface area contributed by atoms with E-state index in [1.807, 2.05) is 48.5 Å². The molecule has 0 spiro atoms. The van der Waals surface area contributed by atoms with Gasteiger partial charge in [-0.2, -0.15) is 0 Å². The maximum atomic E-state index is 12.6. The summed E-state index contributed by atoms with van der Waals surface area (Å²) in [5.74, 6) is 0.661. The van der Waals surface area contributed by atoms with Gasteiger partial charge in [-0.05, 0) is 43.0 Å². The van der Waals surface area contributed by atoms with Crippen LogP contribution in [0, 0.1) is 0 Å². The predicted octanol–water partition coefficient (Wildman–Crippen LogP) is 5.06. The monoisotopic (exact) mass is 432 g/mol. The Labute approximate surface area is 168 Å². The van der Waals surface area contributed by atoms with Crippen molar-refractivity contribution >= 4 is 27.6 Å². The van der Waals surface area contributed by atoms with Crippen molar-refractivity contribution < 1.29 is 14.3 Å². The fourth-order valence-corrected chi connectivity index (χ4v) is 3.39. The lowest BCUT2D eigenvalue weighted by Gasteiger charge is -2.24. The van der Waals surface area contributed by atoms with Crippen LogP contribution in [0.5, 0.6) is 5.75 Å². The van der Waals surface area contributed by atoms with Crippen molar-refractivity contribution in [2.24, 2.45) is 0 Å². The second-order valence-electron chi connectivity index (χ2n) is 6.67. The fraction of sp³-hybridized carbons (Fsp3) is 0.381. The summed E-state index contributed by atoms with van der Waals surface area (Å²) >= 11 is 3.52. The highest BCUT2D eigenvalue weighted by molar-refractivity contribution is 9.10. The summed E-state index contributed by atoms with van der Waals surface area (Å²) in [6, 6.07) is 15.2. The smallest absolute Gasteiger partial charge is 0.321 e. The average molecular weight is 433 g/mol. The average Bonchev–Trinajstić information content (AvgIpc) is 2.70. The maximum absolute atomic E-state index is 12.6. The molecule has 1 unspecified atom stereocenters. The molecule has 0 bridgehead atoms. The molecule has 5 nitrogen and oxygen atoms in total. The van der Waals surface area contributed by atoms with Gasteiger partial charge in [-0.1, -0.05) is 46.3 Å². The van der Waals surface area contributed by atoms with Crippen LogP contribution in [0.4, 0.5) is 10.5 Å². The van der Waals surface area contributed by atoms with E-state index < -0.39 is 0 Å². The van der Waals surface area contributed by atoms with Gasteiger partial charge in [-0.15, -0.1) is 0 Å². The van der Waals surface area contributed by atoms with Crippen LogP contribution in [0.2, 0.25) is 0 Å². The molecule has 1 atom stereocenters. The van der Waals surface area contributed by atoms with E-state index in [1.165, 1.54) is 6.42 Å². The highest BCUT2D eigenvalue weighted by atomic mass is 79.9. The highest BCUT2D eigenvalue weighted by Gasteiger charge is 2.17. The molecule has 2 amide bonds. The van der Waals surface area contributed by atoms with Gasteiger partial charge in [0.1, 0.15) is 12.4 Å². The first-order chi connectivity index (χ1) is 13.1. The number of nitrogens with one attached hydrogen (secondary N) is 1. The van der Waals surface area contributed by atoms with Gasteiger partial charge in [-0.3, -0.25) is 0 Å². The highest BCUT2D eigenvalue weighted by Crippen LogP contribution is 2.26. The Morgan fingerprint density at radius 3 is 2.78 bits per heavy atom. The van der Waals surface area contributed by atoms with Crippen LogP contribution in [-0.2, 0) is 11.3 Å². The number of benzene rings is 2. The zero-order valence-electron chi connectivity index (χ0n) is 15.5. The first kappa shape index (κ1) is 19.7. The Hall–Kier alpha value is -2.05. The number of para-hydroxylation sites is 2. The molecule has 2 aromatic carbocycles. The summed E-state index contributed by atoms with van der Waals surface area (Å²) in [4.78, 5) is 14.2. The topological polar surface area (TPSA) is 50.8 Å². The number of urea groups is 1. The lowest BCUT2D eigenvalue weighted by atomic mass is 10.1. The molecule has 1 N–H and O–H groups in total. The van der Waals surface area contributed by atoms with E-state index in [4.69, 9.17) is 9.47 Å². The molecule has 3 rings (SSSR count). The zero-order chi connectivity index (χ0) is 19.1. The maximum Gasteiger partial charge on any atom is 0.321 e. The van der Waals surface area contributed by atoms with Gasteiger partial charge in [0, 0.05) is 24.7 Å². The first-order valence-corrected chi connectivity index (χ1v) is 10.0. The van der Waals surface area contributed by atoms with E-state index in [0.717, 1.165) is 29.5 Å². The fourth-order valence-electron chi connectivity index (χ4n) is 2.98. The Morgan fingerprint density at radius 1 is 1.22 bits per heavy atom. The second-order valence-corrected chi connectivity index (χ2v) is 7.53. The number of ether oxygens (including phenoxy) is 2. The van der Waals surface area contributed by atoms with E-state index in [9.17, 15) is 4.79 Å².